The Morgan fingerprint density at radius 1 is 1.38 bits per heavy atom. The van der Waals surface area contributed by atoms with Gasteiger partial charge < -0.3 is 24.4 Å². The number of fused-ring (bicyclic) bond motifs is 1. The zero-order chi connectivity index (χ0) is 17.2. The number of nitrogens with one attached hydrogen (secondary N) is 1. The minimum atomic E-state index is -3.08. The number of nitrogens with zero attached hydrogens (tertiary/aromatic N) is 1. The predicted octanol–water partition coefficient (Wildman–Crippen LogP) is 1.08. The summed E-state index contributed by atoms with van der Waals surface area (Å²) in [5.74, 6) is 1.30. The number of amides is 2. The van der Waals surface area contributed by atoms with Gasteiger partial charge in [0.1, 0.15) is 0 Å². The van der Waals surface area contributed by atoms with Crippen LogP contribution in [0.5, 0.6) is 11.5 Å². The fraction of sp³-hybridized carbons (Fsp3) is 0.533. The van der Waals surface area contributed by atoms with E-state index in [-0.39, 0.29) is 30.4 Å². The standard InChI is InChI=1S/C15H20N2O6S/c1-21-6-5-17(12-4-7-24(19,20)9-12)15(18)16-11-2-3-13-14(8-11)23-10-22-13/h2-3,8,12H,4-7,9-10H2,1H3,(H,16,18). The van der Waals surface area contributed by atoms with Crippen molar-refractivity contribution in [3.8, 4) is 11.5 Å². The number of methoxy groups -OCH3 is 1. The number of carbonyl (C=O) groups excluding carboxylic acids is 1. The molecule has 3 rings (SSSR count). The maximum absolute atomic E-state index is 12.6. The number of anilines is 1. The highest BCUT2D eigenvalue weighted by Crippen LogP contribution is 2.34. The number of sulfone groups is 1. The fourth-order valence-corrected chi connectivity index (χ4v) is 4.56. The highest BCUT2D eigenvalue weighted by molar-refractivity contribution is 7.91. The summed E-state index contributed by atoms with van der Waals surface area (Å²) in [5.41, 5.74) is 0.563. The largest absolute Gasteiger partial charge is 0.454 e. The van der Waals surface area contributed by atoms with Gasteiger partial charge >= 0.3 is 6.03 Å². The third-order valence-electron chi connectivity index (χ3n) is 4.07. The zero-order valence-corrected chi connectivity index (χ0v) is 14.2. The molecule has 2 aliphatic rings. The predicted molar refractivity (Wildman–Crippen MR) is 87.2 cm³/mol. The number of rotatable bonds is 5. The van der Waals surface area contributed by atoms with Crippen LogP contribution in [0, 0.1) is 0 Å². The summed E-state index contributed by atoms with van der Waals surface area (Å²) in [6, 6.07) is 4.43. The highest BCUT2D eigenvalue weighted by Gasteiger charge is 2.34. The molecule has 1 atom stereocenters. The van der Waals surface area contributed by atoms with Gasteiger partial charge in [0.05, 0.1) is 18.1 Å². The molecule has 1 aromatic carbocycles. The molecule has 9 heteroatoms. The lowest BCUT2D eigenvalue weighted by atomic mass is 10.2. The topological polar surface area (TPSA) is 94.2 Å². The summed E-state index contributed by atoms with van der Waals surface area (Å²) in [5, 5.41) is 2.79. The second-order valence-corrected chi connectivity index (χ2v) is 7.97. The summed E-state index contributed by atoms with van der Waals surface area (Å²) >= 11 is 0. The molecule has 1 unspecified atom stereocenters. The zero-order valence-electron chi connectivity index (χ0n) is 13.4. The smallest absolute Gasteiger partial charge is 0.322 e. The summed E-state index contributed by atoms with van der Waals surface area (Å²) in [7, 11) is -1.54. The Morgan fingerprint density at radius 2 is 2.17 bits per heavy atom. The van der Waals surface area contributed by atoms with E-state index in [1.807, 2.05) is 0 Å². The highest BCUT2D eigenvalue weighted by atomic mass is 32.2. The first-order valence-electron chi connectivity index (χ1n) is 7.65. The molecule has 1 N–H and O–H groups in total. The van der Waals surface area contributed by atoms with Gasteiger partial charge in [0.2, 0.25) is 6.79 Å². The molecule has 0 radical (unpaired) electrons. The number of hydrogen-bond donors (Lipinski definition) is 1. The van der Waals surface area contributed by atoms with Gasteiger partial charge in [0.15, 0.2) is 21.3 Å². The summed E-state index contributed by atoms with van der Waals surface area (Å²) in [6.07, 6.45) is 0.445. The van der Waals surface area contributed by atoms with Crippen molar-refractivity contribution in [2.24, 2.45) is 0 Å². The van der Waals surface area contributed by atoms with E-state index in [4.69, 9.17) is 14.2 Å². The van der Waals surface area contributed by atoms with E-state index in [1.165, 1.54) is 4.90 Å². The van der Waals surface area contributed by atoms with Crippen molar-refractivity contribution in [1.29, 1.82) is 0 Å². The molecule has 24 heavy (non-hydrogen) atoms. The van der Waals surface area contributed by atoms with Crippen LogP contribution in [0.15, 0.2) is 18.2 Å². The number of urea groups is 1. The second kappa shape index (κ2) is 6.86. The molecule has 2 aliphatic heterocycles. The second-order valence-electron chi connectivity index (χ2n) is 5.74. The summed E-state index contributed by atoms with van der Waals surface area (Å²) in [6.45, 7) is 0.824. The first-order chi connectivity index (χ1) is 11.5. The van der Waals surface area contributed by atoms with E-state index < -0.39 is 9.84 Å². The van der Waals surface area contributed by atoms with Crippen LogP contribution >= 0.6 is 0 Å². The van der Waals surface area contributed by atoms with Gasteiger partial charge in [0, 0.05) is 31.5 Å². The monoisotopic (exact) mass is 356 g/mol. The molecular weight excluding hydrogens is 336 g/mol. The van der Waals surface area contributed by atoms with E-state index in [0.29, 0.717) is 36.8 Å². The molecule has 0 aliphatic carbocycles. The van der Waals surface area contributed by atoms with E-state index in [9.17, 15) is 13.2 Å². The number of carbonyl (C=O) groups is 1. The maximum atomic E-state index is 12.6. The van der Waals surface area contributed by atoms with Gasteiger partial charge in [-0.25, -0.2) is 13.2 Å². The van der Waals surface area contributed by atoms with Crippen molar-refractivity contribution >= 4 is 21.6 Å². The van der Waals surface area contributed by atoms with E-state index in [2.05, 4.69) is 5.32 Å². The van der Waals surface area contributed by atoms with Gasteiger partial charge in [-0.1, -0.05) is 0 Å². The Bertz CT molecular complexity index is 721. The minimum absolute atomic E-state index is 0.00866. The van der Waals surface area contributed by atoms with Crippen LogP contribution in [-0.2, 0) is 14.6 Å². The molecule has 2 heterocycles. The number of ether oxygens (including phenoxy) is 3. The van der Waals surface area contributed by atoms with Crippen molar-refractivity contribution in [1.82, 2.24) is 4.90 Å². The van der Waals surface area contributed by atoms with Gasteiger partial charge in [0.25, 0.3) is 0 Å². The molecule has 8 nitrogen and oxygen atoms in total. The van der Waals surface area contributed by atoms with Crippen LogP contribution in [-0.4, -0.2) is 64.0 Å². The normalized spacial score (nSPS) is 20.8. The van der Waals surface area contributed by atoms with E-state index in [1.54, 1.807) is 25.3 Å². The molecule has 2 amide bonds. The lowest BCUT2D eigenvalue weighted by Gasteiger charge is -2.28. The van der Waals surface area contributed by atoms with Gasteiger partial charge in [-0.05, 0) is 18.6 Å². The molecule has 1 saturated heterocycles. The quantitative estimate of drug-likeness (QED) is 0.848. The third kappa shape index (κ3) is 3.73. The molecule has 132 valence electrons. The SMILES string of the molecule is COCCN(C(=O)Nc1ccc2c(c1)OCO2)C1CCS(=O)(=O)C1. The molecule has 0 saturated carbocycles. The van der Waals surface area contributed by atoms with Crippen molar-refractivity contribution < 1.29 is 27.4 Å². The Morgan fingerprint density at radius 3 is 2.88 bits per heavy atom. The van der Waals surface area contributed by atoms with Crippen molar-refractivity contribution in [2.45, 2.75) is 12.5 Å². The van der Waals surface area contributed by atoms with E-state index in [0.717, 1.165) is 0 Å². The first-order valence-corrected chi connectivity index (χ1v) is 9.47. The molecule has 0 aromatic heterocycles. The molecular formula is C15H20N2O6S. The molecule has 1 aromatic rings. The van der Waals surface area contributed by atoms with Crippen molar-refractivity contribution in [3.63, 3.8) is 0 Å². The minimum Gasteiger partial charge on any atom is -0.454 e. The Labute approximate surface area is 140 Å². The Hall–Kier alpha value is -2.00. The molecule has 0 bridgehead atoms. The van der Waals surface area contributed by atoms with Crippen molar-refractivity contribution in [3.05, 3.63) is 18.2 Å². The lowest BCUT2D eigenvalue weighted by molar-refractivity contribution is 0.140. The molecule has 1 fully saturated rings. The van der Waals surface area contributed by atoms with Crippen molar-refractivity contribution in [2.75, 3.05) is 43.9 Å². The van der Waals surface area contributed by atoms with Crippen LogP contribution in [0.2, 0.25) is 0 Å². The maximum Gasteiger partial charge on any atom is 0.322 e. The van der Waals surface area contributed by atoms with Gasteiger partial charge in [-0.2, -0.15) is 0 Å². The third-order valence-corrected chi connectivity index (χ3v) is 5.82. The molecule has 0 spiro atoms. The van der Waals surface area contributed by atoms with Crippen LogP contribution < -0.4 is 14.8 Å². The number of benzene rings is 1. The Balaban J connectivity index is 1.71. The first kappa shape index (κ1) is 16.8. The van der Waals surface area contributed by atoms with Crippen LogP contribution in [0.3, 0.4) is 0 Å². The van der Waals surface area contributed by atoms with Crippen LogP contribution in [0.1, 0.15) is 6.42 Å². The number of hydrogen-bond acceptors (Lipinski definition) is 6. The average Bonchev–Trinajstić information content (AvgIpc) is 3.13. The summed E-state index contributed by atoms with van der Waals surface area (Å²) in [4.78, 5) is 14.1. The summed E-state index contributed by atoms with van der Waals surface area (Å²) < 4.78 is 39.0. The van der Waals surface area contributed by atoms with Crippen LogP contribution in [0.25, 0.3) is 0 Å². The van der Waals surface area contributed by atoms with E-state index >= 15 is 0 Å². The average molecular weight is 356 g/mol. The Kier molecular flexibility index (Phi) is 4.81. The lowest BCUT2D eigenvalue weighted by Crippen LogP contribution is -2.45. The van der Waals surface area contributed by atoms with Gasteiger partial charge in [-0.3, -0.25) is 0 Å². The fourth-order valence-electron chi connectivity index (χ4n) is 2.83. The van der Waals surface area contributed by atoms with Crippen LogP contribution in [0.4, 0.5) is 10.5 Å². The van der Waals surface area contributed by atoms with Gasteiger partial charge in [-0.15, -0.1) is 0 Å².